The van der Waals surface area contributed by atoms with Crippen LogP contribution in [0.3, 0.4) is 0 Å². The number of nitrogens with two attached hydrogens (primary N) is 1. The van der Waals surface area contributed by atoms with Gasteiger partial charge in [-0.05, 0) is 44.0 Å². The van der Waals surface area contributed by atoms with Crippen LogP contribution in [-0.2, 0) is 9.47 Å². The summed E-state index contributed by atoms with van der Waals surface area (Å²) < 4.78 is 11.4. The van der Waals surface area contributed by atoms with Gasteiger partial charge in [-0.15, -0.1) is 0 Å². The third-order valence-corrected chi connectivity index (χ3v) is 6.28. The number of urea groups is 1. The molecule has 4 heterocycles. The minimum Gasteiger partial charge on any atom is -0.377 e. The Morgan fingerprint density at radius 1 is 1.06 bits per heavy atom. The number of primary amides is 1. The average Bonchev–Trinajstić information content (AvgIpc) is 3.02. The number of nitrogens with one attached hydrogen (secondary N) is 1. The van der Waals surface area contributed by atoms with Crippen molar-refractivity contribution >= 4 is 23.4 Å². The lowest BCUT2D eigenvalue weighted by atomic mass is 10.1. The lowest BCUT2D eigenvalue weighted by Gasteiger charge is -2.38. The van der Waals surface area contributed by atoms with Crippen LogP contribution in [0.5, 0.6) is 0 Å². The number of ether oxygens (including phenoxy) is 2. The molecule has 1 aromatic heterocycles. The highest BCUT2D eigenvalue weighted by Gasteiger charge is 2.38. The van der Waals surface area contributed by atoms with Crippen molar-refractivity contribution in [3.63, 3.8) is 0 Å². The van der Waals surface area contributed by atoms with Crippen LogP contribution in [0.2, 0.25) is 0 Å². The first-order valence-electron chi connectivity index (χ1n) is 10.8. The van der Waals surface area contributed by atoms with Crippen molar-refractivity contribution in [3.8, 4) is 11.4 Å². The highest BCUT2D eigenvalue weighted by atomic mass is 16.5. The van der Waals surface area contributed by atoms with Crippen LogP contribution >= 0.6 is 0 Å². The molecule has 0 radical (unpaired) electrons. The Bertz CT molecular complexity index is 937. The van der Waals surface area contributed by atoms with Gasteiger partial charge in [0.05, 0.1) is 44.6 Å². The lowest BCUT2D eigenvalue weighted by molar-refractivity contribution is 0.0901. The van der Waals surface area contributed by atoms with E-state index in [1.165, 1.54) is 0 Å². The van der Waals surface area contributed by atoms with Crippen LogP contribution in [0.4, 0.5) is 22.1 Å². The molecule has 5 rings (SSSR count). The second-order valence-electron chi connectivity index (χ2n) is 8.42. The maximum atomic E-state index is 11.1. The number of carbonyl (C=O) groups is 1. The number of amides is 2. The van der Waals surface area contributed by atoms with E-state index in [2.05, 4.69) is 28.1 Å². The second kappa shape index (κ2) is 8.32. The fourth-order valence-corrected chi connectivity index (χ4v) is 4.75. The fourth-order valence-electron chi connectivity index (χ4n) is 4.75. The van der Waals surface area contributed by atoms with Crippen LogP contribution in [0.1, 0.15) is 19.8 Å². The quantitative estimate of drug-likeness (QED) is 0.775. The summed E-state index contributed by atoms with van der Waals surface area (Å²) in [6, 6.07) is 9.93. The van der Waals surface area contributed by atoms with Crippen molar-refractivity contribution < 1.29 is 14.3 Å². The fraction of sp³-hybridized carbons (Fsp3) is 0.500. The molecule has 2 aromatic rings. The molecule has 9 nitrogen and oxygen atoms in total. The van der Waals surface area contributed by atoms with Crippen molar-refractivity contribution in [3.05, 3.63) is 30.3 Å². The van der Waals surface area contributed by atoms with Gasteiger partial charge in [-0.2, -0.15) is 0 Å². The standard InChI is InChI=1S/C22H28N6O3/c1-14-11-30-9-8-27(14)19-10-20(28-17-6-7-18(28)13-31-12-17)26-21(25-19)15-2-4-16(5-3-15)24-22(23)29/h2-5,10,14,17-18H,6-9,11-13H2,1H3,(H3,23,24,29)/t14-,17?,18?/m1/s1. The number of benzene rings is 1. The number of anilines is 3. The maximum absolute atomic E-state index is 11.1. The molecule has 2 amide bonds. The number of aromatic nitrogens is 2. The van der Waals surface area contributed by atoms with E-state index in [1.54, 1.807) is 0 Å². The van der Waals surface area contributed by atoms with E-state index in [9.17, 15) is 4.79 Å². The third kappa shape index (κ3) is 4.03. The van der Waals surface area contributed by atoms with Crippen LogP contribution in [0.25, 0.3) is 11.4 Å². The van der Waals surface area contributed by atoms with E-state index in [0.29, 0.717) is 36.8 Å². The van der Waals surface area contributed by atoms with Gasteiger partial charge in [0, 0.05) is 23.9 Å². The Kier molecular flexibility index (Phi) is 5.37. The van der Waals surface area contributed by atoms with Crippen molar-refractivity contribution in [2.75, 3.05) is 48.1 Å². The number of nitrogens with zero attached hydrogens (tertiary/aromatic N) is 4. The maximum Gasteiger partial charge on any atom is 0.316 e. The normalized spacial score (nSPS) is 25.5. The van der Waals surface area contributed by atoms with Gasteiger partial charge in [-0.25, -0.2) is 14.8 Å². The van der Waals surface area contributed by atoms with Gasteiger partial charge in [0.15, 0.2) is 5.82 Å². The predicted octanol–water partition coefficient (Wildman–Crippen LogP) is 2.23. The first kappa shape index (κ1) is 20.0. The van der Waals surface area contributed by atoms with E-state index >= 15 is 0 Å². The summed E-state index contributed by atoms with van der Waals surface area (Å²) in [5.41, 5.74) is 6.75. The van der Waals surface area contributed by atoms with E-state index in [1.807, 2.05) is 24.3 Å². The van der Waals surface area contributed by atoms with E-state index in [4.69, 9.17) is 25.2 Å². The van der Waals surface area contributed by atoms with Crippen LogP contribution in [0, 0.1) is 0 Å². The molecule has 1 aromatic carbocycles. The molecule has 0 saturated carbocycles. The third-order valence-electron chi connectivity index (χ3n) is 6.28. The van der Waals surface area contributed by atoms with Crippen molar-refractivity contribution in [1.82, 2.24) is 9.97 Å². The zero-order valence-corrected chi connectivity index (χ0v) is 17.7. The molecule has 3 N–H and O–H groups in total. The summed E-state index contributed by atoms with van der Waals surface area (Å²) in [4.78, 5) is 25.7. The molecule has 2 bridgehead atoms. The molecule has 2 unspecified atom stereocenters. The molecule has 0 spiro atoms. The molecule has 31 heavy (non-hydrogen) atoms. The number of hydrogen-bond acceptors (Lipinski definition) is 7. The van der Waals surface area contributed by atoms with E-state index in [-0.39, 0.29) is 6.04 Å². The summed E-state index contributed by atoms with van der Waals surface area (Å²) in [7, 11) is 0. The number of carbonyl (C=O) groups excluding carboxylic acids is 1. The van der Waals surface area contributed by atoms with Crippen molar-refractivity contribution in [2.24, 2.45) is 5.73 Å². The summed E-state index contributed by atoms with van der Waals surface area (Å²) in [6.45, 7) is 5.82. The highest BCUT2D eigenvalue weighted by molar-refractivity contribution is 5.88. The molecule has 9 heteroatoms. The molecular weight excluding hydrogens is 396 g/mol. The Hall–Kier alpha value is -2.91. The Balaban J connectivity index is 1.54. The Morgan fingerprint density at radius 2 is 1.77 bits per heavy atom. The first-order chi connectivity index (χ1) is 15.1. The summed E-state index contributed by atoms with van der Waals surface area (Å²) in [6.07, 6.45) is 2.25. The number of fused-ring (bicyclic) bond motifs is 2. The van der Waals surface area contributed by atoms with Gasteiger partial charge in [0.1, 0.15) is 11.6 Å². The summed E-state index contributed by atoms with van der Waals surface area (Å²) in [5, 5.41) is 2.59. The predicted molar refractivity (Wildman–Crippen MR) is 118 cm³/mol. The van der Waals surface area contributed by atoms with Crippen molar-refractivity contribution in [1.29, 1.82) is 0 Å². The molecule has 3 aliphatic heterocycles. The van der Waals surface area contributed by atoms with Gasteiger partial charge in [0.25, 0.3) is 0 Å². The molecule has 3 aliphatic rings. The number of rotatable bonds is 4. The van der Waals surface area contributed by atoms with Gasteiger partial charge < -0.3 is 30.3 Å². The van der Waals surface area contributed by atoms with E-state index in [0.717, 1.165) is 49.8 Å². The summed E-state index contributed by atoms with van der Waals surface area (Å²) in [5.74, 6) is 2.54. The highest BCUT2D eigenvalue weighted by Crippen LogP contribution is 2.36. The minimum absolute atomic E-state index is 0.243. The number of morpholine rings is 2. The minimum atomic E-state index is -0.586. The molecule has 3 saturated heterocycles. The van der Waals surface area contributed by atoms with Gasteiger partial charge >= 0.3 is 6.03 Å². The van der Waals surface area contributed by atoms with Crippen molar-refractivity contribution in [2.45, 2.75) is 37.9 Å². The SMILES string of the molecule is C[C@@H]1COCCN1c1cc(N2C3CCC2COC3)nc(-c2ccc(NC(N)=O)cc2)n1. The molecular formula is C22H28N6O3. The first-order valence-corrected chi connectivity index (χ1v) is 10.8. The molecule has 3 fully saturated rings. The zero-order chi connectivity index (χ0) is 21.4. The second-order valence-corrected chi connectivity index (χ2v) is 8.42. The van der Waals surface area contributed by atoms with Gasteiger partial charge in [-0.1, -0.05) is 0 Å². The van der Waals surface area contributed by atoms with E-state index < -0.39 is 6.03 Å². The monoisotopic (exact) mass is 424 g/mol. The Morgan fingerprint density at radius 3 is 2.45 bits per heavy atom. The van der Waals surface area contributed by atoms with Crippen LogP contribution < -0.4 is 20.9 Å². The molecule has 3 atom stereocenters. The van der Waals surface area contributed by atoms with Gasteiger partial charge in [-0.3, -0.25) is 0 Å². The smallest absolute Gasteiger partial charge is 0.316 e. The van der Waals surface area contributed by atoms with Crippen LogP contribution in [0.15, 0.2) is 30.3 Å². The largest absolute Gasteiger partial charge is 0.377 e. The lowest BCUT2D eigenvalue weighted by Crippen LogP contribution is -2.47. The van der Waals surface area contributed by atoms with Crippen LogP contribution in [-0.4, -0.2) is 67.1 Å². The molecule has 164 valence electrons. The van der Waals surface area contributed by atoms with Gasteiger partial charge in [0.2, 0.25) is 0 Å². The Labute approximate surface area is 181 Å². The number of hydrogen-bond donors (Lipinski definition) is 2. The topological polar surface area (TPSA) is 106 Å². The average molecular weight is 425 g/mol. The summed E-state index contributed by atoms with van der Waals surface area (Å²) >= 11 is 0. The molecule has 0 aliphatic carbocycles. The zero-order valence-electron chi connectivity index (χ0n) is 17.7.